The van der Waals surface area contributed by atoms with Crippen LogP contribution in [0.5, 0.6) is 11.5 Å². The van der Waals surface area contributed by atoms with Gasteiger partial charge in [-0.05, 0) is 54.4 Å². The average Bonchev–Trinajstić information content (AvgIpc) is 2.73. The van der Waals surface area contributed by atoms with Crippen LogP contribution in [0.25, 0.3) is 0 Å². The Morgan fingerprint density at radius 3 is 2.35 bits per heavy atom. The minimum Gasteiger partial charge on any atom is -0.493 e. The van der Waals surface area contributed by atoms with Gasteiger partial charge in [0.15, 0.2) is 11.5 Å². The summed E-state index contributed by atoms with van der Waals surface area (Å²) >= 11 is 0. The third kappa shape index (κ3) is 3.17. The van der Waals surface area contributed by atoms with Gasteiger partial charge in [0.1, 0.15) is 5.82 Å². The van der Waals surface area contributed by atoms with Crippen LogP contribution < -0.4 is 9.47 Å². The largest absolute Gasteiger partial charge is 0.493 e. The maximum absolute atomic E-state index is 13.3. The number of fused-ring (bicyclic) bond motifs is 1. The first kappa shape index (κ1) is 15.8. The summed E-state index contributed by atoms with van der Waals surface area (Å²) in [5.74, 6) is 1.48. The molecule has 0 radical (unpaired) electrons. The number of hydrogen-bond donors (Lipinski definition) is 0. The smallest absolute Gasteiger partial charge is 0.161 e. The molecule has 4 heteroatoms. The highest BCUT2D eigenvalue weighted by Crippen LogP contribution is 2.38. The molecular weight excluding hydrogens is 293 g/mol. The fourth-order valence-corrected chi connectivity index (χ4v) is 3.27. The van der Waals surface area contributed by atoms with Crippen molar-refractivity contribution in [2.24, 2.45) is 0 Å². The number of methoxy groups -OCH3 is 2. The molecule has 0 spiro atoms. The Bertz CT molecular complexity index is 685. The van der Waals surface area contributed by atoms with Gasteiger partial charge < -0.3 is 14.4 Å². The second kappa shape index (κ2) is 6.59. The highest BCUT2D eigenvalue weighted by Gasteiger charge is 2.25. The molecule has 3 rings (SSSR count). The van der Waals surface area contributed by atoms with Crippen LogP contribution in [0.1, 0.15) is 22.6 Å². The van der Waals surface area contributed by atoms with E-state index in [0.29, 0.717) is 0 Å². The quantitative estimate of drug-likeness (QED) is 0.866. The van der Waals surface area contributed by atoms with E-state index in [-0.39, 0.29) is 11.7 Å². The highest BCUT2D eigenvalue weighted by atomic mass is 19.1. The lowest BCUT2D eigenvalue weighted by atomic mass is 9.87. The molecule has 0 N–H and O–H groups in total. The van der Waals surface area contributed by atoms with Crippen LogP contribution in [-0.2, 0) is 6.42 Å². The van der Waals surface area contributed by atoms with Crippen molar-refractivity contribution in [2.75, 3.05) is 34.4 Å². The Balaban J connectivity index is 2.11. The Hall–Kier alpha value is -2.07. The number of hydrogen-bond acceptors (Lipinski definition) is 3. The predicted molar refractivity (Wildman–Crippen MR) is 89.0 cm³/mol. The van der Waals surface area contributed by atoms with Gasteiger partial charge in [0.05, 0.1) is 14.2 Å². The fraction of sp³-hybridized carbons (Fsp3) is 0.368. The van der Waals surface area contributed by atoms with Gasteiger partial charge in [-0.3, -0.25) is 0 Å². The molecule has 1 unspecified atom stereocenters. The van der Waals surface area contributed by atoms with E-state index in [1.807, 2.05) is 12.1 Å². The molecule has 1 atom stereocenters. The Morgan fingerprint density at radius 2 is 1.70 bits per heavy atom. The number of likely N-dealkylation sites (N-methyl/N-ethyl adjacent to an activating group) is 1. The van der Waals surface area contributed by atoms with E-state index in [0.717, 1.165) is 36.6 Å². The first-order valence-electron chi connectivity index (χ1n) is 7.81. The molecule has 0 aliphatic carbocycles. The molecule has 3 nitrogen and oxygen atoms in total. The van der Waals surface area contributed by atoms with Crippen LogP contribution in [0, 0.1) is 5.82 Å². The Labute approximate surface area is 136 Å². The summed E-state index contributed by atoms with van der Waals surface area (Å²) in [6.07, 6.45) is 0.962. The van der Waals surface area contributed by atoms with E-state index in [1.54, 1.807) is 14.2 Å². The van der Waals surface area contributed by atoms with Gasteiger partial charge in [0, 0.05) is 19.0 Å². The van der Waals surface area contributed by atoms with Gasteiger partial charge in [0.25, 0.3) is 0 Å². The first-order chi connectivity index (χ1) is 11.1. The fourth-order valence-electron chi connectivity index (χ4n) is 3.27. The second-order valence-electron chi connectivity index (χ2n) is 6.02. The molecule has 23 heavy (non-hydrogen) atoms. The molecule has 1 aliphatic heterocycles. The standard InChI is InChI=1S/C19H22FNO2/c1-21-9-8-14-10-18(22-2)19(23-3)11-16(14)17(12-21)13-4-6-15(20)7-5-13/h4-7,10-11,17H,8-9,12H2,1-3H3. The summed E-state index contributed by atoms with van der Waals surface area (Å²) in [5.41, 5.74) is 3.62. The summed E-state index contributed by atoms with van der Waals surface area (Å²) in [6.45, 7) is 1.88. The Kier molecular flexibility index (Phi) is 4.53. The lowest BCUT2D eigenvalue weighted by Gasteiger charge is -2.23. The van der Waals surface area contributed by atoms with Crippen molar-refractivity contribution in [3.8, 4) is 11.5 Å². The predicted octanol–water partition coefficient (Wildman–Crippen LogP) is 3.46. The zero-order chi connectivity index (χ0) is 16.4. The first-order valence-corrected chi connectivity index (χ1v) is 7.81. The Morgan fingerprint density at radius 1 is 1.04 bits per heavy atom. The number of rotatable bonds is 3. The van der Waals surface area contributed by atoms with E-state index in [9.17, 15) is 4.39 Å². The normalized spacial score (nSPS) is 18.2. The van der Waals surface area contributed by atoms with Crippen LogP contribution in [0.4, 0.5) is 4.39 Å². The van der Waals surface area contributed by atoms with Gasteiger partial charge in [-0.15, -0.1) is 0 Å². The van der Waals surface area contributed by atoms with E-state index >= 15 is 0 Å². The molecule has 0 fully saturated rings. The summed E-state index contributed by atoms with van der Waals surface area (Å²) < 4.78 is 24.2. The van der Waals surface area contributed by atoms with Gasteiger partial charge in [0.2, 0.25) is 0 Å². The summed E-state index contributed by atoms with van der Waals surface area (Å²) in [6, 6.07) is 11.0. The highest BCUT2D eigenvalue weighted by molar-refractivity contribution is 5.51. The average molecular weight is 315 g/mol. The molecule has 122 valence electrons. The molecule has 1 heterocycles. The van der Waals surface area contributed by atoms with Crippen molar-refractivity contribution in [3.63, 3.8) is 0 Å². The third-order valence-corrected chi connectivity index (χ3v) is 4.55. The zero-order valence-corrected chi connectivity index (χ0v) is 13.8. The molecule has 2 aromatic carbocycles. The van der Waals surface area contributed by atoms with Crippen molar-refractivity contribution in [2.45, 2.75) is 12.3 Å². The third-order valence-electron chi connectivity index (χ3n) is 4.55. The van der Waals surface area contributed by atoms with E-state index in [1.165, 1.54) is 23.3 Å². The van der Waals surface area contributed by atoms with Crippen molar-refractivity contribution in [3.05, 3.63) is 58.9 Å². The maximum atomic E-state index is 13.3. The van der Waals surface area contributed by atoms with Crippen molar-refractivity contribution < 1.29 is 13.9 Å². The molecule has 0 amide bonds. The summed E-state index contributed by atoms with van der Waals surface area (Å²) in [4.78, 5) is 2.31. The monoisotopic (exact) mass is 315 g/mol. The van der Waals surface area contributed by atoms with Gasteiger partial charge >= 0.3 is 0 Å². The second-order valence-corrected chi connectivity index (χ2v) is 6.02. The van der Waals surface area contributed by atoms with Crippen LogP contribution in [0.2, 0.25) is 0 Å². The molecular formula is C19H22FNO2. The van der Waals surface area contributed by atoms with Crippen molar-refractivity contribution in [1.29, 1.82) is 0 Å². The molecule has 0 aromatic heterocycles. The van der Waals surface area contributed by atoms with E-state index in [4.69, 9.17) is 9.47 Å². The number of halogens is 1. The van der Waals surface area contributed by atoms with E-state index < -0.39 is 0 Å². The summed E-state index contributed by atoms with van der Waals surface area (Å²) in [7, 11) is 5.43. The lowest BCUT2D eigenvalue weighted by molar-refractivity contribution is 0.337. The maximum Gasteiger partial charge on any atom is 0.161 e. The van der Waals surface area contributed by atoms with Crippen molar-refractivity contribution in [1.82, 2.24) is 4.90 Å². The lowest BCUT2D eigenvalue weighted by Crippen LogP contribution is -2.24. The van der Waals surface area contributed by atoms with Crippen LogP contribution >= 0.6 is 0 Å². The minimum atomic E-state index is -0.205. The number of nitrogens with zero attached hydrogens (tertiary/aromatic N) is 1. The van der Waals surface area contributed by atoms with Crippen LogP contribution in [-0.4, -0.2) is 39.3 Å². The van der Waals surface area contributed by atoms with Gasteiger partial charge in [-0.1, -0.05) is 12.1 Å². The minimum absolute atomic E-state index is 0.193. The molecule has 0 bridgehead atoms. The number of ether oxygens (including phenoxy) is 2. The SMILES string of the molecule is COc1cc2c(cc1OC)C(c1ccc(F)cc1)CN(C)CC2. The van der Waals surface area contributed by atoms with Crippen molar-refractivity contribution >= 4 is 0 Å². The summed E-state index contributed by atoms with van der Waals surface area (Å²) in [5, 5.41) is 0. The van der Waals surface area contributed by atoms with Gasteiger partial charge in [-0.25, -0.2) is 4.39 Å². The molecule has 0 saturated carbocycles. The van der Waals surface area contributed by atoms with Crippen LogP contribution in [0.3, 0.4) is 0 Å². The molecule has 0 saturated heterocycles. The zero-order valence-electron chi connectivity index (χ0n) is 13.8. The molecule has 2 aromatic rings. The topological polar surface area (TPSA) is 21.7 Å². The number of benzene rings is 2. The molecule has 1 aliphatic rings. The van der Waals surface area contributed by atoms with Crippen LogP contribution in [0.15, 0.2) is 36.4 Å². The van der Waals surface area contributed by atoms with E-state index in [2.05, 4.69) is 24.1 Å². The van der Waals surface area contributed by atoms with Gasteiger partial charge in [-0.2, -0.15) is 0 Å².